The van der Waals surface area contributed by atoms with Gasteiger partial charge >= 0.3 is 0 Å². The van der Waals surface area contributed by atoms with E-state index in [0.717, 1.165) is 22.9 Å². The van der Waals surface area contributed by atoms with Gasteiger partial charge in [0.2, 0.25) is 0 Å². The Labute approximate surface area is 94.9 Å². The molecule has 16 heavy (non-hydrogen) atoms. The van der Waals surface area contributed by atoms with Crippen molar-refractivity contribution < 1.29 is 4.74 Å². The molecule has 3 nitrogen and oxygen atoms in total. The summed E-state index contributed by atoms with van der Waals surface area (Å²) < 4.78 is 5.64. The van der Waals surface area contributed by atoms with Crippen LogP contribution in [0.5, 0.6) is 11.5 Å². The summed E-state index contributed by atoms with van der Waals surface area (Å²) >= 11 is 0. The van der Waals surface area contributed by atoms with Gasteiger partial charge in [-0.15, -0.1) is 12.7 Å². The number of nitrogen functional groups attached to an aromatic ring is 1. The van der Waals surface area contributed by atoms with E-state index in [9.17, 15) is 0 Å². The van der Waals surface area contributed by atoms with Crippen molar-refractivity contribution >= 4 is 11.4 Å². The van der Waals surface area contributed by atoms with E-state index in [2.05, 4.69) is 5.32 Å². The fourth-order valence-electron chi connectivity index (χ4n) is 1.34. The molecule has 2 aromatic rings. The average molecular weight is 213 g/mol. The smallest absolute Gasteiger partial charge is 0.127 e. The minimum Gasteiger partial charge on any atom is -0.687 e. The number of anilines is 1. The Morgan fingerprint density at radius 1 is 0.875 bits per heavy atom. The third-order valence-electron chi connectivity index (χ3n) is 2.21. The molecule has 0 aliphatic rings. The van der Waals surface area contributed by atoms with Gasteiger partial charge in [0.15, 0.2) is 0 Å². The zero-order chi connectivity index (χ0) is 11.4. The summed E-state index contributed by atoms with van der Waals surface area (Å²) in [6.45, 7) is 0. The van der Waals surface area contributed by atoms with Crippen LogP contribution < -0.4 is 10.5 Å². The molecule has 2 aromatic carbocycles. The molecule has 0 aliphatic heterocycles. The van der Waals surface area contributed by atoms with E-state index in [1.165, 1.54) is 0 Å². The Morgan fingerprint density at radius 2 is 1.38 bits per heavy atom. The molecule has 0 saturated heterocycles. The predicted octanol–water partition coefficient (Wildman–Crippen LogP) is 3.70. The number of benzene rings is 2. The molecule has 0 amide bonds. The van der Waals surface area contributed by atoms with Crippen LogP contribution in [0.3, 0.4) is 0 Å². The highest BCUT2D eigenvalue weighted by molar-refractivity contribution is 5.50. The van der Waals surface area contributed by atoms with Crippen molar-refractivity contribution in [1.29, 1.82) is 0 Å². The molecule has 2 rings (SSSR count). The maximum Gasteiger partial charge on any atom is 0.127 e. The predicted molar refractivity (Wildman–Crippen MR) is 66.3 cm³/mol. The number of ether oxygens (including phenoxy) is 1. The van der Waals surface area contributed by atoms with Gasteiger partial charge in [-0.25, -0.2) is 0 Å². The highest BCUT2D eigenvalue weighted by Gasteiger charge is 1.95. The minimum atomic E-state index is 0.729. The maximum absolute atomic E-state index is 5.64. The van der Waals surface area contributed by atoms with Crippen LogP contribution in [0, 0.1) is 0 Å². The molecule has 0 fully saturated rings. The van der Waals surface area contributed by atoms with Crippen molar-refractivity contribution in [1.82, 2.24) is 0 Å². The second kappa shape index (κ2) is 4.57. The molecular formula is C13H13N2O-. The van der Waals surface area contributed by atoms with Crippen molar-refractivity contribution in [3.05, 3.63) is 53.8 Å². The Morgan fingerprint density at radius 3 is 1.88 bits per heavy atom. The molecule has 0 aromatic heterocycles. The quantitative estimate of drug-likeness (QED) is 0.790. The SMILES string of the molecule is C[N-]c1ccc(Oc2ccc(N)cc2)cc1. The van der Waals surface area contributed by atoms with Gasteiger partial charge in [-0.3, -0.25) is 0 Å². The standard InChI is InChI=1S/C13H13N2O/c1-15-11-4-8-13(9-5-11)16-12-6-2-10(14)3-7-12/h2-9H,14H2,1H3/q-1. The van der Waals surface area contributed by atoms with Crippen LogP contribution in [-0.4, -0.2) is 7.05 Å². The number of nitrogens with two attached hydrogens (primary N) is 1. The fraction of sp³-hybridized carbons (Fsp3) is 0.0769. The second-order valence-corrected chi connectivity index (χ2v) is 3.39. The third-order valence-corrected chi connectivity index (χ3v) is 2.21. The van der Waals surface area contributed by atoms with E-state index >= 15 is 0 Å². The minimum absolute atomic E-state index is 0.729. The van der Waals surface area contributed by atoms with Crippen LogP contribution in [0.25, 0.3) is 5.32 Å². The molecule has 0 radical (unpaired) electrons. The van der Waals surface area contributed by atoms with Gasteiger partial charge in [0.05, 0.1) is 0 Å². The van der Waals surface area contributed by atoms with Crippen molar-refractivity contribution in [3.63, 3.8) is 0 Å². The second-order valence-electron chi connectivity index (χ2n) is 3.39. The zero-order valence-corrected chi connectivity index (χ0v) is 9.05. The summed E-state index contributed by atoms with van der Waals surface area (Å²) in [6.07, 6.45) is 0. The number of hydrogen-bond acceptors (Lipinski definition) is 2. The Hall–Kier alpha value is -2.16. The average Bonchev–Trinajstić information content (AvgIpc) is 2.33. The van der Waals surface area contributed by atoms with Crippen molar-refractivity contribution in [2.45, 2.75) is 0 Å². The number of nitrogens with zero attached hydrogens (tertiary/aromatic N) is 1. The molecule has 0 unspecified atom stereocenters. The first-order chi connectivity index (χ1) is 7.78. The van der Waals surface area contributed by atoms with Crippen LogP contribution in [0.2, 0.25) is 0 Å². The summed E-state index contributed by atoms with van der Waals surface area (Å²) in [5.41, 5.74) is 7.25. The lowest BCUT2D eigenvalue weighted by Crippen LogP contribution is -1.86. The van der Waals surface area contributed by atoms with Gasteiger partial charge in [-0.2, -0.15) is 0 Å². The van der Waals surface area contributed by atoms with Crippen LogP contribution >= 0.6 is 0 Å². The summed E-state index contributed by atoms with van der Waals surface area (Å²) in [7, 11) is 1.76. The van der Waals surface area contributed by atoms with Gasteiger partial charge < -0.3 is 15.8 Å². The largest absolute Gasteiger partial charge is 0.687 e. The summed E-state index contributed by atoms with van der Waals surface area (Å²) in [6, 6.07) is 14.9. The van der Waals surface area contributed by atoms with E-state index in [1.54, 1.807) is 7.05 Å². The molecule has 0 atom stereocenters. The van der Waals surface area contributed by atoms with Crippen LogP contribution in [0.4, 0.5) is 11.4 Å². The lowest BCUT2D eigenvalue weighted by Gasteiger charge is -2.13. The van der Waals surface area contributed by atoms with Gasteiger partial charge in [-0.1, -0.05) is 12.1 Å². The highest BCUT2D eigenvalue weighted by atomic mass is 16.5. The van der Waals surface area contributed by atoms with Crippen molar-refractivity contribution in [2.24, 2.45) is 0 Å². The monoisotopic (exact) mass is 213 g/mol. The van der Waals surface area contributed by atoms with Crippen molar-refractivity contribution in [2.75, 3.05) is 12.8 Å². The summed E-state index contributed by atoms with van der Waals surface area (Å²) in [5, 5.41) is 4.06. The van der Waals surface area contributed by atoms with Gasteiger partial charge in [-0.05, 0) is 36.4 Å². The first kappa shape index (κ1) is 10.4. The zero-order valence-electron chi connectivity index (χ0n) is 9.05. The Kier molecular flexibility index (Phi) is 2.96. The molecule has 2 N–H and O–H groups in total. The lowest BCUT2D eigenvalue weighted by molar-refractivity contribution is 0.483. The van der Waals surface area contributed by atoms with E-state index in [1.807, 2.05) is 48.5 Å². The van der Waals surface area contributed by atoms with E-state index in [0.29, 0.717) is 0 Å². The number of hydrogen-bond donors (Lipinski definition) is 1. The molecule has 0 heterocycles. The Balaban J connectivity index is 2.11. The maximum atomic E-state index is 5.64. The van der Waals surface area contributed by atoms with E-state index in [-0.39, 0.29) is 0 Å². The molecule has 0 bridgehead atoms. The first-order valence-corrected chi connectivity index (χ1v) is 5.01. The third kappa shape index (κ3) is 2.45. The lowest BCUT2D eigenvalue weighted by atomic mass is 10.3. The topological polar surface area (TPSA) is 49.4 Å². The van der Waals surface area contributed by atoms with Gasteiger partial charge in [0.25, 0.3) is 0 Å². The highest BCUT2D eigenvalue weighted by Crippen LogP contribution is 2.25. The summed E-state index contributed by atoms with van der Waals surface area (Å²) in [4.78, 5) is 0. The number of rotatable bonds is 3. The first-order valence-electron chi connectivity index (χ1n) is 5.01. The van der Waals surface area contributed by atoms with Gasteiger partial charge in [0.1, 0.15) is 11.5 Å². The van der Waals surface area contributed by atoms with E-state index < -0.39 is 0 Å². The Bertz CT molecular complexity index is 448. The van der Waals surface area contributed by atoms with Crippen LogP contribution in [-0.2, 0) is 0 Å². The normalized spacial score (nSPS) is 9.81. The molecule has 0 aliphatic carbocycles. The molecule has 3 heteroatoms. The van der Waals surface area contributed by atoms with E-state index in [4.69, 9.17) is 10.5 Å². The summed E-state index contributed by atoms with van der Waals surface area (Å²) in [5.74, 6) is 1.56. The fourth-order valence-corrected chi connectivity index (χ4v) is 1.34. The van der Waals surface area contributed by atoms with Gasteiger partial charge in [0, 0.05) is 5.69 Å². The molecule has 0 saturated carbocycles. The van der Waals surface area contributed by atoms with Crippen LogP contribution in [0.1, 0.15) is 0 Å². The molecule has 82 valence electrons. The van der Waals surface area contributed by atoms with Crippen molar-refractivity contribution in [3.8, 4) is 11.5 Å². The molecular weight excluding hydrogens is 200 g/mol. The van der Waals surface area contributed by atoms with Crippen LogP contribution in [0.15, 0.2) is 48.5 Å². The molecule has 0 spiro atoms.